The second kappa shape index (κ2) is 9.65. The molecule has 29 heavy (non-hydrogen) atoms. The zero-order chi connectivity index (χ0) is 20.8. The van der Waals surface area contributed by atoms with Crippen molar-refractivity contribution in [3.8, 4) is 0 Å². The van der Waals surface area contributed by atoms with Crippen molar-refractivity contribution in [2.24, 2.45) is 5.92 Å². The second-order valence-corrected chi connectivity index (χ2v) is 7.91. The zero-order valence-corrected chi connectivity index (χ0v) is 17.5. The number of hydrogen-bond donors (Lipinski definition) is 2. The summed E-state index contributed by atoms with van der Waals surface area (Å²) in [6, 6.07) is 16.0. The quantitative estimate of drug-likeness (QED) is 0.781. The Morgan fingerprint density at radius 1 is 0.966 bits per heavy atom. The van der Waals surface area contributed by atoms with Crippen LogP contribution in [0.2, 0.25) is 5.02 Å². The third-order valence-corrected chi connectivity index (χ3v) is 5.25. The van der Waals surface area contributed by atoms with E-state index in [2.05, 4.69) is 15.5 Å². The summed E-state index contributed by atoms with van der Waals surface area (Å²) in [5.74, 6) is -0.0658. The van der Waals surface area contributed by atoms with Gasteiger partial charge < -0.3 is 20.4 Å². The average Bonchev–Trinajstić information content (AvgIpc) is 2.72. The molecule has 0 aromatic heterocycles. The van der Waals surface area contributed by atoms with Crippen molar-refractivity contribution in [2.45, 2.75) is 19.9 Å². The molecule has 3 amide bonds. The molecule has 1 heterocycles. The molecule has 6 nitrogen and oxygen atoms in total. The van der Waals surface area contributed by atoms with E-state index in [-0.39, 0.29) is 17.9 Å². The van der Waals surface area contributed by atoms with Crippen LogP contribution in [0, 0.1) is 5.92 Å². The lowest BCUT2D eigenvalue weighted by Gasteiger charge is -2.38. The van der Waals surface area contributed by atoms with Gasteiger partial charge in [-0.2, -0.15) is 0 Å². The van der Waals surface area contributed by atoms with Crippen molar-refractivity contribution >= 4 is 34.9 Å². The fraction of sp³-hybridized carbons (Fsp3) is 0.364. The number of halogens is 1. The Balaban J connectivity index is 1.57. The maximum absolute atomic E-state index is 13.1. The van der Waals surface area contributed by atoms with Crippen molar-refractivity contribution in [3.63, 3.8) is 0 Å². The number of carbonyl (C=O) groups excluding carboxylic acids is 2. The molecule has 1 aliphatic rings. The molecular formula is C22H27ClN4O2. The third kappa shape index (κ3) is 5.64. The third-order valence-electron chi connectivity index (χ3n) is 5.02. The monoisotopic (exact) mass is 414 g/mol. The first kappa shape index (κ1) is 21.0. The molecule has 0 spiro atoms. The van der Waals surface area contributed by atoms with Crippen molar-refractivity contribution in [3.05, 3.63) is 59.6 Å². The number of carbonyl (C=O) groups is 2. The van der Waals surface area contributed by atoms with Crippen molar-refractivity contribution in [1.29, 1.82) is 0 Å². The smallest absolute Gasteiger partial charge is 0.319 e. The first-order chi connectivity index (χ1) is 13.9. The molecule has 0 saturated carbocycles. The molecule has 2 aromatic rings. The summed E-state index contributed by atoms with van der Waals surface area (Å²) in [4.78, 5) is 29.5. The predicted molar refractivity (Wildman–Crippen MR) is 117 cm³/mol. The van der Waals surface area contributed by atoms with Crippen LogP contribution >= 0.6 is 11.6 Å². The predicted octanol–water partition coefficient (Wildman–Crippen LogP) is 3.83. The Morgan fingerprint density at radius 2 is 1.66 bits per heavy atom. The fourth-order valence-electron chi connectivity index (χ4n) is 3.40. The lowest BCUT2D eigenvalue weighted by Crippen LogP contribution is -2.57. The Morgan fingerprint density at radius 3 is 2.28 bits per heavy atom. The molecule has 1 saturated heterocycles. The van der Waals surface area contributed by atoms with Gasteiger partial charge in [0.05, 0.1) is 0 Å². The molecule has 1 aliphatic heterocycles. The van der Waals surface area contributed by atoms with Gasteiger partial charge in [0.1, 0.15) is 6.04 Å². The molecule has 0 aliphatic carbocycles. The van der Waals surface area contributed by atoms with Gasteiger partial charge in [0.25, 0.3) is 0 Å². The summed E-state index contributed by atoms with van der Waals surface area (Å²) in [7, 11) is 0. The Hall–Kier alpha value is -2.73. The maximum Gasteiger partial charge on any atom is 0.319 e. The van der Waals surface area contributed by atoms with E-state index in [0.717, 1.165) is 18.8 Å². The van der Waals surface area contributed by atoms with Gasteiger partial charge in [-0.1, -0.05) is 49.7 Å². The number of rotatable bonds is 5. The number of amides is 3. The zero-order valence-electron chi connectivity index (χ0n) is 16.8. The molecule has 0 unspecified atom stereocenters. The van der Waals surface area contributed by atoms with Gasteiger partial charge in [-0.3, -0.25) is 4.79 Å². The van der Waals surface area contributed by atoms with E-state index >= 15 is 0 Å². The number of para-hydroxylation sites is 1. The Kier molecular flexibility index (Phi) is 6.99. The Labute approximate surface area is 176 Å². The van der Waals surface area contributed by atoms with E-state index in [9.17, 15) is 9.59 Å². The number of piperazine rings is 1. The van der Waals surface area contributed by atoms with Gasteiger partial charge in [-0.15, -0.1) is 0 Å². The standard InChI is InChI=1S/C22H27ClN4O2/c1-16(2)20(25-22(29)24-18-8-4-3-5-9-18)21(28)27-13-11-26(12-14-27)19-10-6-7-17(23)15-19/h3-10,15-16,20H,11-14H2,1-2H3,(H2,24,25,29)/t20-/m0/s1. The van der Waals surface area contributed by atoms with Crippen molar-refractivity contribution in [2.75, 3.05) is 36.4 Å². The van der Waals surface area contributed by atoms with E-state index in [1.165, 1.54) is 0 Å². The normalized spacial score (nSPS) is 15.2. The molecule has 0 bridgehead atoms. The first-order valence-electron chi connectivity index (χ1n) is 9.86. The first-order valence-corrected chi connectivity index (χ1v) is 10.2. The minimum atomic E-state index is -0.573. The van der Waals surface area contributed by atoms with E-state index in [1.807, 2.05) is 61.2 Å². The molecule has 2 N–H and O–H groups in total. The van der Waals surface area contributed by atoms with Crippen LogP contribution in [-0.4, -0.2) is 49.1 Å². The molecule has 1 atom stereocenters. The van der Waals surface area contributed by atoms with Gasteiger partial charge in [0.15, 0.2) is 0 Å². The highest BCUT2D eigenvalue weighted by Crippen LogP contribution is 2.21. The number of urea groups is 1. The van der Waals surface area contributed by atoms with Crippen LogP contribution in [0.4, 0.5) is 16.2 Å². The summed E-state index contributed by atoms with van der Waals surface area (Å²) in [5, 5.41) is 6.32. The molecule has 154 valence electrons. The molecule has 1 fully saturated rings. The van der Waals surface area contributed by atoms with Crippen LogP contribution < -0.4 is 15.5 Å². The lowest BCUT2D eigenvalue weighted by atomic mass is 10.0. The number of hydrogen-bond acceptors (Lipinski definition) is 3. The van der Waals surface area contributed by atoms with Gasteiger partial charge in [0.2, 0.25) is 5.91 Å². The maximum atomic E-state index is 13.1. The fourth-order valence-corrected chi connectivity index (χ4v) is 3.58. The van der Waals surface area contributed by atoms with Crippen LogP contribution in [-0.2, 0) is 4.79 Å². The lowest BCUT2D eigenvalue weighted by molar-refractivity contribution is -0.134. The number of nitrogens with zero attached hydrogens (tertiary/aromatic N) is 2. The molecular weight excluding hydrogens is 388 g/mol. The van der Waals surface area contributed by atoms with Gasteiger partial charge >= 0.3 is 6.03 Å². The van der Waals surface area contributed by atoms with Crippen LogP contribution in [0.5, 0.6) is 0 Å². The minimum absolute atomic E-state index is 0.0185. The SMILES string of the molecule is CC(C)[C@H](NC(=O)Nc1ccccc1)C(=O)N1CCN(c2cccc(Cl)c2)CC1. The summed E-state index contributed by atoms with van der Waals surface area (Å²) in [6.07, 6.45) is 0. The van der Waals surface area contributed by atoms with Gasteiger partial charge in [-0.25, -0.2) is 4.79 Å². The van der Waals surface area contributed by atoms with Crippen LogP contribution in [0.3, 0.4) is 0 Å². The Bertz CT molecular complexity index is 836. The van der Waals surface area contributed by atoms with Crippen LogP contribution in [0.15, 0.2) is 54.6 Å². The average molecular weight is 415 g/mol. The highest BCUT2D eigenvalue weighted by Gasteiger charge is 2.30. The summed E-state index contributed by atoms with van der Waals surface area (Å²) in [5.41, 5.74) is 1.75. The molecule has 3 rings (SSSR count). The summed E-state index contributed by atoms with van der Waals surface area (Å²) in [6.45, 7) is 6.55. The van der Waals surface area contributed by atoms with Crippen LogP contribution in [0.25, 0.3) is 0 Å². The highest BCUT2D eigenvalue weighted by atomic mass is 35.5. The summed E-state index contributed by atoms with van der Waals surface area (Å²) < 4.78 is 0. The number of benzene rings is 2. The van der Waals surface area contributed by atoms with E-state index < -0.39 is 6.04 Å². The van der Waals surface area contributed by atoms with E-state index in [0.29, 0.717) is 23.8 Å². The van der Waals surface area contributed by atoms with Gasteiger partial charge in [-0.05, 0) is 36.2 Å². The van der Waals surface area contributed by atoms with Crippen molar-refractivity contribution in [1.82, 2.24) is 10.2 Å². The number of nitrogens with one attached hydrogen (secondary N) is 2. The van der Waals surface area contributed by atoms with Crippen molar-refractivity contribution < 1.29 is 9.59 Å². The van der Waals surface area contributed by atoms with E-state index in [4.69, 9.17) is 11.6 Å². The second-order valence-electron chi connectivity index (χ2n) is 7.48. The van der Waals surface area contributed by atoms with Gasteiger partial charge in [0, 0.05) is 42.6 Å². The molecule has 0 radical (unpaired) electrons. The molecule has 2 aromatic carbocycles. The highest BCUT2D eigenvalue weighted by molar-refractivity contribution is 6.30. The summed E-state index contributed by atoms with van der Waals surface area (Å²) >= 11 is 6.09. The molecule has 7 heteroatoms. The van der Waals surface area contributed by atoms with Crippen LogP contribution in [0.1, 0.15) is 13.8 Å². The van der Waals surface area contributed by atoms with E-state index in [1.54, 1.807) is 12.1 Å². The number of anilines is 2. The topological polar surface area (TPSA) is 64.7 Å². The largest absolute Gasteiger partial charge is 0.368 e. The minimum Gasteiger partial charge on any atom is -0.368 e.